The lowest BCUT2D eigenvalue weighted by molar-refractivity contribution is -0.146. The number of ether oxygens (including phenoxy) is 1. The number of hydrogen-bond donors (Lipinski definition) is 3. The third kappa shape index (κ3) is 4.50. The Bertz CT molecular complexity index is 300. The van der Waals surface area contributed by atoms with Gasteiger partial charge in [-0.1, -0.05) is 0 Å². The Hall–Kier alpha value is -1.34. The molecule has 1 fully saturated rings. The molecule has 3 unspecified atom stereocenters. The number of nitrogens with zero attached hydrogens (tertiary/aromatic N) is 1. The molecule has 104 valence electrons. The first-order valence-corrected chi connectivity index (χ1v) is 5.99. The zero-order valence-electron chi connectivity index (χ0n) is 10.6. The Morgan fingerprint density at radius 2 is 1.94 bits per heavy atom. The van der Waals surface area contributed by atoms with Gasteiger partial charge in [-0.15, -0.1) is 0 Å². The molecule has 1 aliphatic heterocycles. The summed E-state index contributed by atoms with van der Waals surface area (Å²) in [6.45, 7) is 4.94. The Morgan fingerprint density at radius 1 is 1.39 bits per heavy atom. The number of carboxylic acid groups (broad SMARTS) is 1. The molecule has 0 spiro atoms. The van der Waals surface area contributed by atoms with Crippen LogP contribution in [0.2, 0.25) is 0 Å². The van der Waals surface area contributed by atoms with E-state index in [9.17, 15) is 9.59 Å². The Balaban J connectivity index is 2.30. The van der Waals surface area contributed by atoms with Crippen molar-refractivity contribution in [1.82, 2.24) is 10.2 Å². The maximum absolute atomic E-state index is 11.8. The van der Waals surface area contributed by atoms with E-state index in [1.165, 1.54) is 0 Å². The SMILES string of the molecule is CC1CN(C(=O)NCCC(O)C(=O)O)CC(C)O1. The molecular weight excluding hydrogens is 240 g/mol. The van der Waals surface area contributed by atoms with Gasteiger partial charge in [-0.05, 0) is 13.8 Å². The highest BCUT2D eigenvalue weighted by molar-refractivity contribution is 5.75. The highest BCUT2D eigenvalue weighted by Crippen LogP contribution is 2.10. The van der Waals surface area contributed by atoms with Crippen LogP contribution in [0.5, 0.6) is 0 Å². The van der Waals surface area contributed by atoms with Crippen LogP contribution in [-0.2, 0) is 9.53 Å². The average Bonchev–Trinajstić information content (AvgIpc) is 2.27. The van der Waals surface area contributed by atoms with Crippen LogP contribution in [0.15, 0.2) is 0 Å². The van der Waals surface area contributed by atoms with E-state index in [0.29, 0.717) is 13.1 Å². The molecule has 0 aromatic heterocycles. The van der Waals surface area contributed by atoms with Crippen LogP contribution in [0.3, 0.4) is 0 Å². The summed E-state index contributed by atoms with van der Waals surface area (Å²) in [6.07, 6.45) is -1.46. The van der Waals surface area contributed by atoms with Gasteiger partial charge in [0.05, 0.1) is 12.2 Å². The predicted molar refractivity (Wildman–Crippen MR) is 63.2 cm³/mol. The number of amides is 2. The number of carboxylic acids is 1. The smallest absolute Gasteiger partial charge is 0.332 e. The first-order chi connectivity index (χ1) is 8.40. The summed E-state index contributed by atoms with van der Waals surface area (Å²) < 4.78 is 5.50. The van der Waals surface area contributed by atoms with Gasteiger partial charge in [0.25, 0.3) is 0 Å². The molecule has 0 aromatic carbocycles. The minimum absolute atomic E-state index is 0.00345. The van der Waals surface area contributed by atoms with Crippen molar-refractivity contribution in [3.8, 4) is 0 Å². The van der Waals surface area contributed by atoms with Gasteiger partial charge in [0, 0.05) is 26.1 Å². The molecule has 0 aromatic rings. The Labute approximate surface area is 106 Å². The van der Waals surface area contributed by atoms with Gasteiger partial charge in [-0.2, -0.15) is 0 Å². The van der Waals surface area contributed by atoms with Gasteiger partial charge in [-0.3, -0.25) is 0 Å². The van der Waals surface area contributed by atoms with Gasteiger partial charge in [0.15, 0.2) is 6.10 Å². The van der Waals surface area contributed by atoms with Crippen molar-refractivity contribution in [3.63, 3.8) is 0 Å². The maximum Gasteiger partial charge on any atom is 0.332 e. The van der Waals surface area contributed by atoms with Crippen molar-refractivity contribution in [2.24, 2.45) is 0 Å². The number of hydrogen-bond acceptors (Lipinski definition) is 4. The number of nitrogens with one attached hydrogen (secondary N) is 1. The van der Waals surface area contributed by atoms with E-state index in [4.69, 9.17) is 14.9 Å². The fraction of sp³-hybridized carbons (Fsp3) is 0.818. The third-order valence-electron chi connectivity index (χ3n) is 2.69. The maximum atomic E-state index is 11.8. The largest absolute Gasteiger partial charge is 0.479 e. The van der Waals surface area contributed by atoms with Gasteiger partial charge in [0.1, 0.15) is 0 Å². The lowest BCUT2D eigenvalue weighted by atomic mass is 10.2. The summed E-state index contributed by atoms with van der Waals surface area (Å²) >= 11 is 0. The summed E-state index contributed by atoms with van der Waals surface area (Å²) in [7, 11) is 0. The van der Waals surface area contributed by atoms with Crippen molar-refractivity contribution < 1.29 is 24.5 Å². The number of morpholine rings is 1. The Morgan fingerprint density at radius 3 is 2.44 bits per heavy atom. The molecule has 1 heterocycles. The third-order valence-corrected chi connectivity index (χ3v) is 2.69. The summed E-state index contributed by atoms with van der Waals surface area (Å²) in [5, 5.41) is 20.1. The zero-order chi connectivity index (χ0) is 13.7. The molecule has 0 saturated carbocycles. The fourth-order valence-corrected chi connectivity index (χ4v) is 1.89. The topological polar surface area (TPSA) is 99.1 Å². The first kappa shape index (κ1) is 14.7. The molecular formula is C11H20N2O5. The molecule has 1 rings (SSSR count). The van der Waals surface area contributed by atoms with E-state index < -0.39 is 12.1 Å². The van der Waals surface area contributed by atoms with E-state index >= 15 is 0 Å². The monoisotopic (exact) mass is 260 g/mol. The number of aliphatic carboxylic acids is 1. The summed E-state index contributed by atoms with van der Waals surface area (Å²) in [4.78, 5) is 23.8. The lowest BCUT2D eigenvalue weighted by Crippen LogP contribution is -2.52. The second-order valence-corrected chi connectivity index (χ2v) is 4.54. The fourth-order valence-electron chi connectivity index (χ4n) is 1.89. The minimum Gasteiger partial charge on any atom is -0.479 e. The minimum atomic E-state index is -1.44. The van der Waals surface area contributed by atoms with Crippen LogP contribution in [0.4, 0.5) is 4.79 Å². The number of carbonyl (C=O) groups is 2. The first-order valence-electron chi connectivity index (χ1n) is 5.99. The summed E-state index contributed by atoms with van der Waals surface area (Å²) in [6, 6.07) is -0.255. The summed E-state index contributed by atoms with van der Waals surface area (Å²) in [5.74, 6) is -1.28. The number of carbonyl (C=O) groups excluding carboxylic acids is 1. The van der Waals surface area contributed by atoms with Crippen LogP contribution in [-0.4, -0.2) is 65.1 Å². The molecule has 18 heavy (non-hydrogen) atoms. The normalized spacial score (nSPS) is 25.6. The van der Waals surface area contributed by atoms with Gasteiger partial charge in [-0.25, -0.2) is 9.59 Å². The van der Waals surface area contributed by atoms with E-state index in [1.54, 1.807) is 4.90 Å². The second kappa shape index (κ2) is 6.55. The molecule has 0 radical (unpaired) electrons. The predicted octanol–water partition coefficient (Wildman–Crippen LogP) is -0.359. The van der Waals surface area contributed by atoms with Crippen LogP contribution in [0.1, 0.15) is 20.3 Å². The molecule has 1 aliphatic rings. The molecule has 7 heteroatoms. The zero-order valence-corrected chi connectivity index (χ0v) is 10.6. The second-order valence-electron chi connectivity index (χ2n) is 4.54. The highest BCUT2D eigenvalue weighted by Gasteiger charge is 2.25. The van der Waals surface area contributed by atoms with Crippen LogP contribution < -0.4 is 5.32 Å². The summed E-state index contributed by atoms with van der Waals surface area (Å²) in [5.41, 5.74) is 0. The van der Waals surface area contributed by atoms with Gasteiger partial charge in [0.2, 0.25) is 0 Å². The standard InChI is InChI=1S/C11H20N2O5/c1-7-5-13(6-8(2)18-7)11(17)12-4-3-9(14)10(15)16/h7-9,14H,3-6H2,1-2H3,(H,12,17)(H,15,16). The molecule has 7 nitrogen and oxygen atoms in total. The molecule has 3 N–H and O–H groups in total. The van der Waals surface area contributed by atoms with E-state index in [1.807, 2.05) is 13.8 Å². The van der Waals surface area contributed by atoms with Crippen molar-refractivity contribution >= 4 is 12.0 Å². The number of rotatable bonds is 4. The van der Waals surface area contributed by atoms with Crippen LogP contribution >= 0.6 is 0 Å². The van der Waals surface area contributed by atoms with Crippen molar-refractivity contribution in [2.45, 2.75) is 38.6 Å². The van der Waals surface area contributed by atoms with Crippen LogP contribution in [0, 0.1) is 0 Å². The number of aliphatic hydroxyl groups is 1. The van der Waals surface area contributed by atoms with E-state index in [-0.39, 0.29) is 31.2 Å². The highest BCUT2D eigenvalue weighted by atomic mass is 16.5. The molecule has 0 aliphatic carbocycles. The van der Waals surface area contributed by atoms with Gasteiger partial charge >= 0.3 is 12.0 Å². The molecule has 2 amide bonds. The quantitative estimate of drug-likeness (QED) is 0.641. The Kier molecular flexibility index (Phi) is 5.36. The lowest BCUT2D eigenvalue weighted by Gasteiger charge is -2.35. The van der Waals surface area contributed by atoms with Gasteiger partial charge < -0.3 is 25.2 Å². The molecule has 3 atom stereocenters. The van der Waals surface area contributed by atoms with Crippen molar-refractivity contribution in [3.05, 3.63) is 0 Å². The number of aliphatic hydroxyl groups excluding tert-OH is 1. The van der Waals surface area contributed by atoms with Crippen molar-refractivity contribution in [1.29, 1.82) is 0 Å². The molecule has 0 bridgehead atoms. The van der Waals surface area contributed by atoms with Crippen molar-refractivity contribution in [2.75, 3.05) is 19.6 Å². The average molecular weight is 260 g/mol. The van der Waals surface area contributed by atoms with E-state index in [2.05, 4.69) is 5.32 Å². The number of urea groups is 1. The molecule has 1 saturated heterocycles. The van der Waals surface area contributed by atoms with E-state index in [0.717, 1.165) is 0 Å². The van der Waals surface area contributed by atoms with Crippen LogP contribution in [0.25, 0.3) is 0 Å².